The number of unbranched alkanes of at least 4 members (excludes halogenated alkanes) is 3. The predicted molar refractivity (Wildman–Crippen MR) is 495 cm³/mol. The maximum atomic E-state index is 6.50. The summed E-state index contributed by atoms with van der Waals surface area (Å²) in [6, 6.07) is 78.1. The third-order valence-electron chi connectivity index (χ3n) is 24.4. The molecule has 2 atom stereocenters. The first-order chi connectivity index (χ1) is 56.1. The van der Waals surface area contributed by atoms with Crippen LogP contribution in [0.5, 0.6) is 0 Å². The second-order valence-electron chi connectivity index (χ2n) is 32.1. The molecule has 8 aromatic carbocycles. The van der Waals surface area contributed by atoms with Crippen molar-refractivity contribution in [2.45, 2.75) is 200 Å². The molecule has 2 unspecified atom stereocenters. The number of ether oxygens (including phenoxy) is 2. The van der Waals surface area contributed by atoms with Gasteiger partial charge in [0.2, 0.25) is 0 Å². The molecule has 2 aromatic heterocycles. The Morgan fingerprint density at radius 2 is 0.809 bits per heavy atom. The number of amidine groups is 2. The number of rotatable bonds is 17. The Morgan fingerprint density at radius 3 is 1.14 bits per heavy atom. The van der Waals surface area contributed by atoms with Crippen molar-refractivity contribution in [3.63, 3.8) is 0 Å². The van der Waals surface area contributed by atoms with Gasteiger partial charge < -0.3 is 20.9 Å². The molecule has 4 saturated carbocycles. The Labute approximate surface area is 725 Å². The fourth-order valence-corrected chi connectivity index (χ4v) is 39.1. The molecule has 10 aromatic rings. The summed E-state index contributed by atoms with van der Waals surface area (Å²) >= 11 is 5.05. The number of hydrogen-bond acceptors (Lipinski definition) is 10. The van der Waals surface area contributed by atoms with Gasteiger partial charge in [-0.25, -0.2) is 20.0 Å². The summed E-state index contributed by atoms with van der Waals surface area (Å²) in [6.07, 6.45) is 25.2. The Bertz CT molecular complexity index is 4690. The van der Waals surface area contributed by atoms with Gasteiger partial charge in [0.05, 0.1) is 32.0 Å². The van der Waals surface area contributed by atoms with E-state index in [1.807, 2.05) is 14.2 Å². The molecule has 4 heterocycles. The molecular weight excluding hydrogens is 1800 g/mol. The first-order valence-corrected chi connectivity index (χ1v) is 58.1. The number of methoxy groups -OCH3 is 2. The standard InChI is InChI=1S/C25H27N3OS.C20H22BrN3OS.2C18H15P.C5H5.3C4H9.2ClH.Pd.Sn/c1-15-27-21-22(30-15)25(28-23(21)26)20-13-17(6-5-16-3-4-16)7-8-18(20)14-24(25)11-9-19(29-2)10-12-24;1-11-23-16-17(26-11)20(24-18(16)22)15-9-13(21)4-3-12(15)10-19(20)7-5-14(25-2)6-8-19;2*1-4-10-16(11-5-1)19(17-12-6-2-7-13-17)18-14-8-3-9-15-18;1-2-5-3-4-5;3*1-3-4-2;;;;/h7-8,13,16,19H,3-4,9-12,14H2,1-2H3,(H2,26,28);3-4,9,14H,5-8,10H2,1-2H3,(H2,22,24);2*1-15H;5H,3-4H2;3*1,3-4H2,2H3;2*1H;;/q;;;;;;;;;;+2;/p-2. The second-order valence-corrected chi connectivity index (χ2v) is 54.5. The van der Waals surface area contributed by atoms with Gasteiger partial charge in [0, 0.05) is 41.0 Å². The number of benzene rings is 8. The van der Waals surface area contributed by atoms with Crippen LogP contribution in [0.15, 0.2) is 233 Å². The minimum Gasteiger partial charge on any atom is -0.0622 e. The summed E-state index contributed by atoms with van der Waals surface area (Å²) in [6.45, 7) is 11.2. The molecule has 2 aliphatic heterocycles. The van der Waals surface area contributed by atoms with Crippen molar-refractivity contribution < 1.29 is 25.4 Å². The van der Waals surface area contributed by atoms with Crippen molar-refractivity contribution in [2.75, 3.05) is 14.2 Å². The SMILES string of the molecule is CCC[CH2][Sn]([C]#CC1CC1)([CH2]CCC)[CH2]CCC.COC1CCC2(CC1)Cc1ccc(Br)cc1C21N=C(N)c2nc(C)sc21.COC1CCC2(CC1)Cc1ccc(C#CC3CC3)cc1C21N=C(N)c2nc(C)sc21.[Cl][Pd][Cl].c1ccc(P(c2ccccc2)c2ccccc2)cc1.c1ccc(P(c2ccccc2)c2ccccc2)cc1. The Balaban J connectivity index is 0.000000126. The van der Waals surface area contributed by atoms with Gasteiger partial charge in [0.1, 0.15) is 34.1 Å². The number of halogens is 3. The van der Waals surface area contributed by atoms with Crippen LogP contribution in [0.2, 0.25) is 13.3 Å². The molecule has 4 spiro atoms. The van der Waals surface area contributed by atoms with E-state index in [1.165, 1.54) is 128 Å². The van der Waals surface area contributed by atoms with Gasteiger partial charge in [-0.15, -0.1) is 22.7 Å². The van der Waals surface area contributed by atoms with Crippen LogP contribution in [-0.2, 0) is 49.3 Å². The quantitative estimate of drug-likeness (QED) is 0.0532. The average molecular weight is 1910 g/mol. The van der Waals surface area contributed by atoms with Crippen LogP contribution in [0.4, 0.5) is 0 Å². The molecule has 0 saturated heterocycles. The monoisotopic (exact) mass is 1900 g/mol. The molecule has 602 valence electrons. The van der Waals surface area contributed by atoms with Gasteiger partial charge in [-0.3, -0.25) is 0 Å². The van der Waals surface area contributed by atoms with Gasteiger partial charge in [-0.05, 0) is 185 Å². The van der Waals surface area contributed by atoms with Crippen LogP contribution in [-0.4, -0.2) is 66.4 Å². The minimum atomic E-state index is -2.07. The van der Waals surface area contributed by atoms with E-state index in [0.29, 0.717) is 29.8 Å². The molecule has 17 heteroatoms. The van der Waals surface area contributed by atoms with E-state index in [0.717, 1.165) is 102 Å². The zero-order valence-corrected chi connectivity index (χ0v) is 78.7. The van der Waals surface area contributed by atoms with Crippen LogP contribution >= 0.6 is 73.5 Å². The number of hydrogen-bond donors (Lipinski definition) is 2. The molecule has 0 bridgehead atoms. The first kappa shape index (κ1) is 87.2. The summed E-state index contributed by atoms with van der Waals surface area (Å²) < 4.78 is 21.1. The molecule has 6 aliphatic carbocycles. The van der Waals surface area contributed by atoms with E-state index in [-0.39, 0.29) is 32.3 Å². The maximum absolute atomic E-state index is 6.50. The van der Waals surface area contributed by atoms with Gasteiger partial charge in [-0.1, -0.05) is 222 Å². The van der Waals surface area contributed by atoms with Crippen molar-refractivity contribution in [1.82, 2.24) is 9.97 Å². The van der Waals surface area contributed by atoms with E-state index in [1.54, 1.807) is 36.0 Å². The number of nitrogens with two attached hydrogens (primary N) is 2. The molecule has 0 amide bonds. The molecule has 4 fully saturated rings. The summed E-state index contributed by atoms with van der Waals surface area (Å²) in [5.74, 6) is 13.1. The second kappa shape index (κ2) is 41.1. The number of aliphatic imine (C=N–C) groups is 2. The molecule has 8 nitrogen and oxygen atoms in total. The first-order valence-electron chi connectivity index (χ1n) is 41.5. The normalized spacial score (nSPS) is 21.5. The zero-order chi connectivity index (χ0) is 80.4. The predicted octanol–water partition coefficient (Wildman–Crippen LogP) is 22.7. The van der Waals surface area contributed by atoms with E-state index in [2.05, 4.69) is 291 Å². The van der Waals surface area contributed by atoms with Gasteiger partial charge in [-0.2, -0.15) is 0 Å². The molecule has 0 radical (unpaired) electrons. The summed E-state index contributed by atoms with van der Waals surface area (Å²) in [5.41, 5.74) is 20.6. The van der Waals surface area contributed by atoms with Crippen molar-refractivity contribution in [2.24, 2.45) is 44.1 Å². The van der Waals surface area contributed by atoms with E-state index in [4.69, 9.17) is 60.0 Å². The van der Waals surface area contributed by atoms with Crippen molar-refractivity contribution in [3.8, 4) is 21.7 Å². The topological polar surface area (TPSA) is 121 Å². The van der Waals surface area contributed by atoms with Crippen molar-refractivity contribution >= 4 is 135 Å². The molecule has 4 N–H and O–H groups in total. The molecular formula is C98H111BrCl2N6O2P2PdS2Sn. The average Bonchev–Trinajstić information content (AvgIpc) is 1.52. The van der Waals surface area contributed by atoms with Crippen LogP contribution < -0.4 is 43.3 Å². The third-order valence-corrected chi connectivity index (χ3v) is 45.1. The Kier molecular flexibility index (Phi) is 31.2. The van der Waals surface area contributed by atoms with Crippen LogP contribution in [0, 0.1) is 58.2 Å². The zero-order valence-electron chi connectivity index (χ0n) is 67.8. The smallest absolute Gasteiger partial charge is 0.0134 e. The van der Waals surface area contributed by atoms with Gasteiger partial charge >= 0.3 is 155 Å². The Hall–Kier alpha value is -5.62. The number of aryl methyl sites for hydroxylation is 2. The minimum absolute atomic E-state index is 0.0434. The third kappa shape index (κ3) is 20.2. The van der Waals surface area contributed by atoms with Crippen LogP contribution in [0.1, 0.15) is 195 Å². The molecule has 115 heavy (non-hydrogen) atoms. The van der Waals surface area contributed by atoms with Crippen molar-refractivity contribution in [1.29, 1.82) is 0 Å². The Morgan fingerprint density at radius 1 is 0.478 bits per heavy atom. The molecule has 8 aliphatic rings. The molecule has 18 rings (SSSR count). The van der Waals surface area contributed by atoms with Crippen LogP contribution in [0.3, 0.4) is 0 Å². The van der Waals surface area contributed by atoms with Gasteiger partial charge in [0.15, 0.2) is 0 Å². The van der Waals surface area contributed by atoms with Crippen LogP contribution in [0.25, 0.3) is 0 Å². The van der Waals surface area contributed by atoms with E-state index >= 15 is 0 Å². The summed E-state index contributed by atoms with van der Waals surface area (Å²) in [5, 5.41) is 10.5. The maximum Gasteiger partial charge on any atom is -0.0134 e. The van der Waals surface area contributed by atoms with E-state index in [9.17, 15) is 0 Å². The fourth-order valence-electron chi connectivity index (χ4n) is 18.3. The van der Waals surface area contributed by atoms with E-state index < -0.39 is 39.8 Å². The van der Waals surface area contributed by atoms with Crippen molar-refractivity contribution in [3.05, 3.63) is 282 Å². The number of aromatic nitrogens is 2. The fraction of sp³-hybridized carbons (Fsp3) is 0.388. The summed E-state index contributed by atoms with van der Waals surface area (Å²) in [7, 11) is 12.4. The van der Waals surface area contributed by atoms with Gasteiger partial charge in [0.25, 0.3) is 0 Å². The largest absolute Gasteiger partial charge is 0.0622 e. The summed E-state index contributed by atoms with van der Waals surface area (Å²) in [4.78, 5) is 22.4. The number of thiazole rings is 2. The number of nitrogens with zero attached hydrogens (tertiary/aromatic N) is 4. The number of fused-ring (bicyclic) bond motifs is 10.